The lowest BCUT2D eigenvalue weighted by Crippen LogP contribution is -2.06. The van der Waals surface area contributed by atoms with E-state index in [1.807, 2.05) is 78.9 Å². The van der Waals surface area contributed by atoms with Gasteiger partial charge in [-0.05, 0) is 23.3 Å². The Balaban J connectivity index is 1.43. The molecule has 0 fully saturated rings. The molecule has 0 bridgehead atoms. The maximum atomic E-state index is 10.6. The standard InChI is InChI=1S/C24H21N3O3S/c28-20(18-7-3-1-4-8-18)15-31-24-26-25-23(19-9-5-2-6-10-19)27(24)14-17-11-12-21-22(13-17)30-16-29-21/h1-13,20,28H,14-16H2. The third-order valence-electron chi connectivity index (χ3n) is 5.08. The number of fused-ring (bicyclic) bond motifs is 1. The molecule has 1 aliphatic rings. The highest BCUT2D eigenvalue weighted by molar-refractivity contribution is 7.99. The number of thioether (sulfide) groups is 1. The molecular formula is C24H21N3O3S. The van der Waals surface area contributed by atoms with E-state index >= 15 is 0 Å². The average molecular weight is 432 g/mol. The molecule has 1 unspecified atom stereocenters. The monoisotopic (exact) mass is 431 g/mol. The van der Waals surface area contributed by atoms with Crippen LogP contribution in [0.1, 0.15) is 17.2 Å². The van der Waals surface area contributed by atoms with Crippen molar-refractivity contribution in [1.82, 2.24) is 14.8 Å². The van der Waals surface area contributed by atoms with Gasteiger partial charge < -0.3 is 14.6 Å². The molecule has 6 nitrogen and oxygen atoms in total. The molecule has 1 aromatic heterocycles. The number of nitrogens with zero attached hydrogens (tertiary/aromatic N) is 3. The van der Waals surface area contributed by atoms with Crippen molar-refractivity contribution in [1.29, 1.82) is 0 Å². The summed E-state index contributed by atoms with van der Waals surface area (Å²) >= 11 is 1.49. The fraction of sp³-hybridized carbons (Fsp3) is 0.167. The zero-order chi connectivity index (χ0) is 21.0. The van der Waals surface area contributed by atoms with E-state index in [9.17, 15) is 5.11 Å². The Labute approximate surface area is 184 Å². The van der Waals surface area contributed by atoms with E-state index in [2.05, 4.69) is 14.8 Å². The van der Waals surface area contributed by atoms with Crippen molar-refractivity contribution in [3.05, 3.63) is 90.0 Å². The van der Waals surface area contributed by atoms with Gasteiger partial charge in [0.15, 0.2) is 22.5 Å². The molecule has 0 spiro atoms. The summed E-state index contributed by atoms with van der Waals surface area (Å²) in [5, 5.41) is 20.2. The van der Waals surface area contributed by atoms with E-state index in [-0.39, 0.29) is 6.79 Å². The molecule has 0 aliphatic carbocycles. The summed E-state index contributed by atoms with van der Waals surface area (Å²) in [5.74, 6) is 2.78. The lowest BCUT2D eigenvalue weighted by Gasteiger charge is -2.13. The summed E-state index contributed by atoms with van der Waals surface area (Å²) in [5.41, 5.74) is 2.94. The van der Waals surface area contributed by atoms with Crippen LogP contribution in [0.5, 0.6) is 11.5 Å². The highest BCUT2D eigenvalue weighted by Gasteiger charge is 2.19. The molecular weight excluding hydrogens is 410 g/mol. The second-order valence-corrected chi connectivity index (χ2v) is 8.17. The topological polar surface area (TPSA) is 69.4 Å². The minimum absolute atomic E-state index is 0.249. The number of hydrogen-bond acceptors (Lipinski definition) is 6. The summed E-state index contributed by atoms with van der Waals surface area (Å²) < 4.78 is 13.0. The number of hydrogen-bond donors (Lipinski definition) is 1. The maximum absolute atomic E-state index is 10.6. The quantitative estimate of drug-likeness (QED) is 0.433. The second kappa shape index (κ2) is 8.83. The number of benzene rings is 3. The first-order valence-corrected chi connectivity index (χ1v) is 11.0. The van der Waals surface area contributed by atoms with Crippen LogP contribution in [-0.2, 0) is 6.54 Å². The normalized spacial score (nSPS) is 13.3. The molecule has 2 heterocycles. The van der Waals surface area contributed by atoms with Gasteiger partial charge in [-0.25, -0.2) is 0 Å². The van der Waals surface area contributed by atoms with E-state index in [1.54, 1.807) is 0 Å². The van der Waals surface area contributed by atoms with Crippen molar-refractivity contribution in [3.63, 3.8) is 0 Å². The van der Waals surface area contributed by atoms with Gasteiger partial charge in [0.2, 0.25) is 6.79 Å². The predicted molar refractivity (Wildman–Crippen MR) is 119 cm³/mol. The zero-order valence-electron chi connectivity index (χ0n) is 16.7. The first-order chi connectivity index (χ1) is 15.3. The van der Waals surface area contributed by atoms with Crippen molar-refractivity contribution in [2.75, 3.05) is 12.5 Å². The summed E-state index contributed by atoms with van der Waals surface area (Å²) in [6.07, 6.45) is -0.581. The molecule has 0 saturated heterocycles. The summed E-state index contributed by atoms with van der Waals surface area (Å²) in [6, 6.07) is 25.6. The van der Waals surface area contributed by atoms with Crippen LogP contribution in [-0.4, -0.2) is 32.4 Å². The third kappa shape index (κ3) is 4.28. The van der Waals surface area contributed by atoms with Gasteiger partial charge in [-0.1, -0.05) is 78.5 Å². The molecule has 7 heteroatoms. The second-order valence-electron chi connectivity index (χ2n) is 7.18. The largest absolute Gasteiger partial charge is 0.454 e. The van der Waals surface area contributed by atoms with Crippen molar-refractivity contribution in [2.24, 2.45) is 0 Å². The first kappa shape index (κ1) is 19.7. The minimum atomic E-state index is -0.581. The van der Waals surface area contributed by atoms with E-state index in [1.165, 1.54) is 11.8 Å². The van der Waals surface area contributed by atoms with Crippen molar-refractivity contribution in [3.8, 4) is 22.9 Å². The Morgan fingerprint density at radius 1 is 0.903 bits per heavy atom. The Morgan fingerprint density at radius 2 is 1.65 bits per heavy atom. The Morgan fingerprint density at radius 3 is 2.45 bits per heavy atom. The molecule has 1 aliphatic heterocycles. The summed E-state index contributed by atoms with van der Waals surface area (Å²) in [7, 11) is 0. The van der Waals surface area contributed by atoms with Crippen LogP contribution < -0.4 is 9.47 Å². The van der Waals surface area contributed by atoms with Gasteiger partial charge in [0.25, 0.3) is 0 Å². The summed E-state index contributed by atoms with van der Waals surface area (Å²) in [4.78, 5) is 0. The first-order valence-electron chi connectivity index (χ1n) is 10.0. The number of aliphatic hydroxyl groups is 1. The predicted octanol–water partition coefficient (Wildman–Crippen LogP) is 4.55. The molecule has 4 aromatic rings. The lowest BCUT2D eigenvalue weighted by molar-refractivity contribution is 0.174. The number of ether oxygens (including phenoxy) is 2. The molecule has 31 heavy (non-hydrogen) atoms. The number of aromatic nitrogens is 3. The Kier molecular flexibility index (Phi) is 5.60. The van der Waals surface area contributed by atoms with Crippen LogP contribution in [0.3, 0.4) is 0 Å². The molecule has 156 valence electrons. The van der Waals surface area contributed by atoms with E-state index in [4.69, 9.17) is 9.47 Å². The van der Waals surface area contributed by atoms with E-state index in [0.29, 0.717) is 12.3 Å². The lowest BCUT2D eigenvalue weighted by atomic mass is 10.1. The number of aliphatic hydroxyl groups excluding tert-OH is 1. The van der Waals surface area contributed by atoms with E-state index in [0.717, 1.165) is 39.2 Å². The van der Waals surface area contributed by atoms with Gasteiger partial charge in [-0.3, -0.25) is 4.57 Å². The van der Waals surface area contributed by atoms with Gasteiger partial charge in [-0.2, -0.15) is 0 Å². The minimum Gasteiger partial charge on any atom is -0.454 e. The highest BCUT2D eigenvalue weighted by Crippen LogP contribution is 2.34. The molecule has 0 amide bonds. The van der Waals surface area contributed by atoms with Crippen LogP contribution in [0.4, 0.5) is 0 Å². The van der Waals surface area contributed by atoms with Crippen molar-refractivity contribution in [2.45, 2.75) is 17.8 Å². The Bertz CT molecular complexity index is 1170. The number of rotatable bonds is 7. The average Bonchev–Trinajstić information content (AvgIpc) is 3.45. The van der Waals surface area contributed by atoms with Crippen LogP contribution in [0.2, 0.25) is 0 Å². The van der Waals surface area contributed by atoms with Crippen LogP contribution in [0, 0.1) is 0 Å². The molecule has 3 aromatic carbocycles. The van der Waals surface area contributed by atoms with E-state index < -0.39 is 6.10 Å². The fourth-order valence-corrected chi connectivity index (χ4v) is 4.39. The molecule has 5 rings (SSSR count). The molecule has 1 N–H and O–H groups in total. The highest BCUT2D eigenvalue weighted by atomic mass is 32.2. The van der Waals surface area contributed by atoms with Gasteiger partial charge in [0.1, 0.15) is 0 Å². The van der Waals surface area contributed by atoms with Crippen molar-refractivity contribution >= 4 is 11.8 Å². The molecule has 0 saturated carbocycles. The summed E-state index contributed by atoms with van der Waals surface area (Å²) in [6.45, 7) is 0.830. The Hall–Kier alpha value is -3.29. The molecule has 0 radical (unpaired) electrons. The van der Waals surface area contributed by atoms with Gasteiger partial charge in [0.05, 0.1) is 12.6 Å². The van der Waals surface area contributed by atoms with Gasteiger partial charge in [-0.15, -0.1) is 10.2 Å². The SMILES string of the molecule is OC(CSc1nnc(-c2ccccc2)n1Cc1ccc2c(c1)OCO2)c1ccccc1. The maximum Gasteiger partial charge on any atom is 0.231 e. The van der Waals surface area contributed by atoms with Crippen LogP contribution >= 0.6 is 11.8 Å². The molecule has 1 atom stereocenters. The smallest absolute Gasteiger partial charge is 0.231 e. The zero-order valence-corrected chi connectivity index (χ0v) is 17.5. The third-order valence-corrected chi connectivity index (χ3v) is 6.12. The van der Waals surface area contributed by atoms with Gasteiger partial charge >= 0.3 is 0 Å². The fourth-order valence-electron chi connectivity index (χ4n) is 3.49. The van der Waals surface area contributed by atoms with Crippen LogP contribution in [0.15, 0.2) is 84.0 Å². The van der Waals surface area contributed by atoms with Gasteiger partial charge in [0, 0.05) is 11.3 Å². The van der Waals surface area contributed by atoms with Crippen molar-refractivity contribution < 1.29 is 14.6 Å². The van der Waals surface area contributed by atoms with Crippen LogP contribution in [0.25, 0.3) is 11.4 Å².